The second kappa shape index (κ2) is 10.3. The van der Waals surface area contributed by atoms with Gasteiger partial charge in [-0.05, 0) is 24.0 Å². The zero-order chi connectivity index (χ0) is 19.7. The molecule has 8 heteroatoms. The number of benzene rings is 2. The third-order valence-electron chi connectivity index (χ3n) is 4.23. The standard InChI is InChI=1S/C12H13N3S.C9H9N3S/c1-2-4-10(5-3-1)8-16-12-13-9-15(14-12)11-6-7-11;1-2-4-8(5-3-1)6-13-9-10-7-11-12-9/h1-5,9,11H,6-8H2;1-5,7H,6H2,(H,10,11,12). The van der Waals surface area contributed by atoms with Crippen LogP contribution in [0.1, 0.15) is 30.0 Å². The van der Waals surface area contributed by atoms with Gasteiger partial charge in [0.15, 0.2) is 5.16 Å². The van der Waals surface area contributed by atoms with Crippen LogP contribution in [0.2, 0.25) is 0 Å². The maximum Gasteiger partial charge on any atom is 0.208 e. The van der Waals surface area contributed by atoms with Crippen LogP contribution in [0.4, 0.5) is 0 Å². The minimum atomic E-state index is 0.624. The van der Waals surface area contributed by atoms with Crippen LogP contribution in [0.25, 0.3) is 0 Å². The molecule has 0 spiro atoms. The van der Waals surface area contributed by atoms with Crippen molar-refractivity contribution in [2.24, 2.45) is 0 Å². The zero-order valence-electron chi connectivity index (χ0n) is 15.9. The summed E-state index contributed by atoms with van der Waals surface area (Å²) in [5, 5.41) is 12.8. The Morgan fingerprint density at radius 3 is 2.10 bits per heavy atom. The smallest absolute Gasteiger partial charge is 0.208 e. The monoisotopic (exact) mass is 422 g/mol. The van der Waals surface area contributed by atoms with Gasteiger partial charge in [0.2, 0.25) is 5.16 Å². The molecular weight excluding hydrogens is 400 g/mol. The topological polar surface area (TPSA) is 72.3 Å². The quantitative estimate of drug-likeness (QED) is 0.423. The lowest BCUT2D eigenvalue weighted by atomic mass is 10.2. The highest BCUT2D eigenvalue weighted by atomic mass is 32.2. The van der Waals surface area contributed by atoms with Gasteiger partial charge in [-0.2, -0.15) is 5.10 Å². The maximum absolute atomic E-state index is 4.46. The van der Waals surface area contributed by atoms with Gasteiger partial charge in [0.05, 0.1) is 6.04 Å². The van der Waals surface area contributed by atoms with Crippen LogP contribution < -0.4 is 0 Å². The number of hydrogen-bond donors (Lipinski definition) is 1. The molecular formula is C21H22N6S2. The van der Waals surface area contributed by atoms with E-state index in [4.69, 9.17) is 0 Å². The first-order valence-corrected chi connectivity index (χ1v) is 11.4. The van der Waals surface area contributed by atoms with Crippen LogP contribution in [-0.4, -0.2) is 29.9 Å². The Bertz CT molecular complexity index is 969. The molecule has 0 amide bonds. The van der Waals surface area contributed by atoms with Gasteiger partial charge in [-0.25, -0.2) is 14.6 Å². The molecule has 2 aromatic heterocycles. The summed E-state index contributed by atoms with van der Waals surface area (Å²) in [6.45, 7) is 0. The minimum Gasteiger partial charge on any atom is -0.254 e. The van der Waals surface area contributed by atoms with Gasteiger partial charge in [-0.15, -0.1) is 5.10 Å². The molecule has 0 radical (unpaired) electrons. The largest absolute Gasteiger partial charge is 0.254 e. The molecule has 5 rings (SSSR count). The molecule has 0 unspecified atom stereocenters. The normalized spacial score (nSPS) is 13.0. The Kier molecular flexibility index (Phi) is 6.98. The van der Waals surface area contributed by atoms with Gasteiger partial charge in [-0.1, -0.05) is 84.2 Å². The number of thioether (sulfide) groups is 2. The lowest BCUT2D eigenvalue weighted by Gasteiger charge is -1.97. The van der Waals surface area contributed by atoms with Crippen molar-refractivity contribution in [2.45, 2.75) is 40.7 Å². The Morgan fingerprint density at radius 1 is 0.862 bits per heavy atom. The molecule has 0 bridgehead atoms. The van der Waals surface area contributed by atoms with Gasteiger partial charge in [-0.3, -0.25) is 5.10 Å². The first-order chi connectivity index (χ1) is 14.4. The van der Waals surface area contributed by atoms with E-state index in [0.29, 0.717) is 6.04 Å². The summed E-state index contributed by atoms with van der Waals surface area (Å²) in [6.07, 6.45) is 5.89. The van der Waals surface area contributed by atoms with E-state index in [-0.39, 0.29) is 0 Å². The Morgan fingerprint density at radius 2 is 1.52 bits per heavy atom. The van der Waals surface area contributed by atoms with E-state index in [2.05, 4.69) is 61.7 Å². The summed E-state index contributed by atoms with van der Waals surface area (Å²) < 4.78 is 1.99. The van der Waals surface area contributed by atoms with Crippen molar-refractivity contribution in [3.05, 3.63) is 84.4 Å². The lowest BCUT2D eigenvalue weighted by molar-refractivity contribution is 0.624. The molecule has 2 heterocycles. The Labute approximate surface area is 178 Å². The number of nitrogens with one attached hydrogen (secondary N) is 1. The van der Waals surface area contributed by atoms with Gasteiger partial charge in [0, 0.05) is 11.5 Å². The Hall–Kier alpha value is -2.58. The third-order valence-corrected chi connectivity index (χ3v) is 6.10. The van der Waals surface area contributed by atoms with Crippen LogP contribution >= 0.6 is 23.5 Å². The summed E-state index contributed by atoms with van der Waals surface area (Å²) in [6, 6.07) is 21.3. The summed E-state index contributed by atoms with van der Waals surface area (Å²) in [4.78, 5) is 8.33. The Balaban J connectivity index is 0.000000145. The lowest BCUT2D eigenvalue weighted by Crippen LogP contribution is -1.93. The van der Waals surface area contributed by atoms with Crippen molar-refractivity contribution >= 4 is 23.5 Å². The summed E-state index contributed by atoms with van der Waals surface area (Å²) in [5.41, 5.74) is 2.61. The number of rotatable bonds is 7. The summed E-state index contributed by atoms with van der Waals surface area (Å²) >= 11 is 3.35. The molecule has 148 valence electrons. The highest BCUT2D eigenvalue weighted by Crippen LogP contribution is 2.34. The molecule has 1 fully saturated rings. The van der Waals surface area contributed by atoms with Gasteiger partial charge in [0.25, 0.3) is 0 Å². The van der Waals surface area contributed by atoms with Crippen LogP contribution in [-0.2, 0) is 11.5 Å². The second-order valence-corrected chi connectivity index (χ2v) is 8.48. The first kappa shape index (κ1) is 19.7. The number of aromatic amines is 1. The van der Waals surface area contributed by atoms with Gasteiger partial charge >= 0.3 is 0 Å². The van der Waals surface area contributed by atoms with E-state index in [9.17, 15) is 0 Å². The van der Waals surface area contributed by atoms with E-state index in [0.717, 1.165) is 21.8 Å². The molecule has 2 aromatic carbocycles. The maximum atomic E-state index is 4.46. The van der Waals surface area contributed by atoms with Crippen LogP contribution in [0.5, 0.6) is 0 Å². The average molecular weight is 423 g/mol. The van der Waals surface area contributed by atoms with Crippen molar-refractivity contribution in [1.82, 2.24) is 29.9 Å². The molecule has 0 atom stereocenters. The van der Waals surface area contributed by atoms with E-state index in [1.807, 2.05) is 35.3 Å². The molecule has 6 nitrogen and oxygen atoms in total. The molecule has 4 aromatic rings. The average Bonchev–Trinajstić information content (AvgIpc) is 3.29. The van der Waals surface area contributed by atoms with Crippen molar-refractivity contribution in [1.29, 1.82) is 0 Å². The number of nitrogens with zero attached hydrogens (tertiary/aromatic N) is 5. The van der Waals surface area contributed by atoms with Crippen molar-refractivity contribution < 1.29 is 0 Å². The van der Waals surface area contributed by atoms with Crippen molar-refractivity contribution in [2.75, 3.05) is 0 Å². The predicted octanol–water partition coefficient (Wildman–Crippen LogP) is 5.00. The summed E-state index contributed by atoms with van der Waals surface area (Å²) in [7, 11) is 0. The molecule has 1 aliphatic rings. The molecule has 29 heavy (non-hydrogen) atoms. The zero-order valence-corrected chi connectivity index (χ0v) is 17.5. The van der Waals surface area contributed by atoms with Crippen LogP contribution in [0.15, 0.2) is 83.6 Å². The number of H-pyrrole nitrogens is 1. The predicted molar refractivity (Wildman–Crippen MR) is 117 cm³/mol. The first-order valence-electron chi connectivity index (χ1n) is 9.47. The van der Waals surface area contributed by atoms with Gasteiger partial charge < -0.3 is 0 Å². The molecule has 0 aliphatic heterocycles. The van der Waals surface area contributed by atoms with E-state index in [1.165, 1.54) is 30.3 Å². The molecule has 1 N–H and O–H groups in total. The SMILES string of the molecule is c1ccc(CSc2ncn(C3CC3)n2)cc1.c1ccc(CSc2ncn[nH]2)cc1. The van der Waals surface area contributed by atoms with E-state index < -0.39 is 0 Å². The fraction of sp³-hybridized carbons (Fsp3) is 0.238. The highest BCUT2D eigenvalue weighted by molar-refractivity contribution is 7.98. The fourth-order valence-electron chi connectivity index (χ4n) is 2.55. The molecule has 1 saturated carbocycles. The van der Waals surface area contributed by atoms with Crippen LogP contribution in [0.3, 0.4) is 0 Å². The van der Waals surface area contributed by atoms with E-state index >= 15 is 0 Å². The second-order valence-electron chi connectivity index (χ2n) is 6.58. The highest BCUT2D eigenvalue weighted by Gasteiger charge is 2.24. The molecule has 0 saturated heterocycles. The van der Waals surface area contributed by atoms with E-state index in [1.54, 1.807) is 23.5 Å². The van der Waals surface area contributed by atoms with Crippen molar-refractivity contribution in [3.8, 4) is 0 Å². The fourth-order valence-corrected chi connectivity index (χ4v) is 4.05. The van der Waals surface area contributed by atoms with Crippen LogP contribution in [0, 0.1) is 0 Å². The molecule has 1 aliphatic carbocycles. The minimum absolute atomic E-state index is 0.624. The van der Waals surface area contributed by atoms with Gasteiger partial charge in [0.1, 0.15) is 12.7 Å². The van der Waals surface area contributed by atoms with Crippen molar-refractivity contribution in [3.63, 3.8) is 0 Å². The summed E-state index contributed by atoms with van der Waals surface area (Å²) in [5.74, 6) is 1.87. The number of aromatic nitrogens is 6. The number of hydrogen-bond acceptors (Lipinski definition) is 6. The third kappa shape index (κ3) is 6.47.